The number of hydrogen-bond donors (Lipinski definition) is 3. The molecule has 25 heavy (non-hydrogen) atoms. The lowest BCUT2D eigenvalue weighted by atomic mass is 9.61. The van der Waals surface area contributed by atoms with Crippen molar-refractivity contribution in [3.63, 3.8) is 0 Å². The Morgan fingerprint density at radius 3 is 2.60 bits per heavy atom. The van der Waals surface area contributed by atoms with E-state index in [1.54, 1.807) is 6.92 Å². The lowest BCUT2D eigenvalue weighted by molar-refractivity contribution is -0.144. The summed E-state index contributed by atoms with van der Waals surface area (Å²) < 4.78 is 6.28. The third-order valence-corrected chi connectivity index (χ3v) is 6.22. The van der Waals surface area contributed by atoms with Gasteiger partial charge in [-0.3, -0.25) is 0 Å². The number of unbranched alkanes of at least 4 members (excludes halogenated alkanes) is 2. The number of phenolic OH excluding ortho intramolecular Hbond substituents is 1. The molecule has 1 heterocycles. The highest BCUT2D eigenvalue weighted by Gasteiger charge is 2.55. The third kappa shape index (κ3) is 3.26. The number of benzene rings is 1. The van der Waals surface area contributed by atoms with Crippen molar-refractivity contribution in [3.8, 4) is 11.5 Å². The topological polar surface area (TPSA) is 69.9 Å². The molecule has 1 aliphatic heterocycles. The van der Waals surface area contributed by atoms with Gasteiger partial charge in [-0.15, -0.1) is 0 Å². The lowest BCUT2D eigenvalue weighted by Crippen LogP contribution is -2.57. The second-order valence-corrected chi connectivity index (χ2v) is 8.66. The number of aryl methyl sites for hydroxylation is 1. The minimum Gasteiger partial charge on any atom is -0.508 e. The molecule has 140 valence electrons. The van der Waals surface area contributed by atoms with Crippen molar-refractivity contribution in [1.29, 1.82) is 0 Å². The smallest absolute Gasteiger partial charge is 0.127 e. The van der Waals surface area contributed by atoms with Crippen LogP contribution in [0.4, 0.5) is 0 Å². The fraction of sp³-hybridized carbons (Fsp3) is 0.714. The van der Waals surface area contributed by atoms with Gasteiger partial charge < -0.3 is 20.1 Å². The van der Waals surface area contributed by atoms with Gasteiger partial charge >= 0.3 is 0 Å². The maximum Gasteiger partial charge on any atom is 0.127 e. The molecule has 3 N–H and O–H groups in total. The average molecular weight is 348 g/mol. The molecule has 2 unspecified atom stereocenters. The predicted molar refractivity (Wildman–Crippen MR) is 98.1 cm³/mol. The second kappa shape index (κ2) is 6.48. The molecule has 0 bridgehead atoms. The number of rotatable bonds is 4. The number of aliphatic hydroxyl groups excluding tert-OH is 1. The van der Waals surface area contributed by atoms with E-state index in [0.29, 0.717) is 17.7 Å². The maximum absolute atomic E-state index is 10.9. The van der Waals surface area contributed by atoms with E-state index < -0.39 is 17.3 Å². The summed E-state index contributed by atoms with van der Waals surface area (Å²) in [4.78, 5) is 0. The van der Waals surface area contributed by atoms with Gasteiger partial charge in [-0.2, -0.15) is 0 Å². The number of ether oxygens (including phenoxy) is 1. The van der Waals surface area contributed by atoms with Crippen LogP contribution in [0.2, 0.25) is 0 Å². The van der Waals surface area contributed by atoms with E-state index in [4.69, 9.17) is 4.74 Å². The molecular formula is C21H32O4. The quantitative estimate of drug-likeness (QED) is 0.722. The molecular weight excluding hydrogens is 316 g/mol. The Balaban J connectivity index is 2.02. The van der Waals surface area contributed by atoms with Gasteiger partial charge in [0.2, 0.25) is 0 Å². The van der Waals surface area contributed by atoms with Crippen molar-refractivity contribution >= 4 is 0 Å². The van der Waals surface area contributed by atoms with Crippen LogP contribution < -0.4 is 4.74 Å². The highest BCUT2D eigenvalue weighted by atomic mass is 16.5. The minimum absolute atomic E-state index is 0.0621. The zero-order valence-corrected chi connectivity index (χ0v) is 15.9. The van der Waals surface area contributed by atoms with Crippen LogP contribution in [-0.2, 0) is 6.42 Å². The Kier molecular flexibility index (Phi) is 4.80. The van der Waals surface area contributed by atoms with Gasteiger partial charge in [-0.1, -0.05) is 19.8 Å². The third-order valence-electron chi connectivity index (χ3n) is 6.22. The molecule has 1 aromatic rings. The molecule has 1 aromatic carbocycles. The van der Waals surface area contributed by atoms with Crippen LogP contribution in [0, 0.1) is 5.92 Å². The summed E-state index contributed by atoms with van der Waals surface area (Å²) in [7, 11) is 0. The van der Waals surface area contributed by atoms with Gasteiger partial charge in [0, 0.05) is 17.4 Å². The van der Waals surface area contributed by atoms with E-state index in [-0.39, 0.29) is 17.6 Å². The predicted octanol–water partition coefficient (Wildman–Crippen LogP) is 3.90. The van der Waals surface area contributed by atoms with E-state index in [1.165, 1.54) is 0 Å². The fourth-order valence-electron chi connectivity index (χ4n) is 4.69. The molecule has 0 radical (unpaired) electrons. The first-order valence-electron chi connectivity index (χ1n) is 9.62. The normalized spacial score (nSPS) is 33.3. The fourth-order valence-corrected chi connectivity index (χ4v) is 4.69. The Morgan fingerprint density at radius 1 is 1.20 bits per heavy atom. The summed E-state index contributed by atoms with van der Waals surface area (Å²) in [6.45, 7) is 7.95. The average Bonchev–Trinajstić information content (AvgIpc) is 2.50. The summed E-state index contributed by atoms with van der Waals surface area (Å²) in [5.74, 6) is 0.597. The second-order valence-electron chi connectivity index (χ2n) is 8.66. The van der Waals surface area contributed by atoms with Crippen LogP contribution in [0.25, 0.3) is 0 Å². The molecule has 2 aliphatic rings. The number of aliphatic hydroxyl groups is 2. The highest BCUT2D eigenvalue weighted by molar-refractivity contribution is 5.52. The zero-order chi connectivity index (χ0) is 18.4. The standard InChI is InChI=1S/C21H32O4/c1-5-6-7-8-13-11-15(22)18-16(12-13)25-20(2,3)14-9-10-21(4,24)19(23)17(14)18/h11-12,14,17,19,22-24H,5-10H2,1-4H3/t14?,17?,19-,21-/m0/s1. The number of hydrogen-bond acceptors (Lipinski definition) is 4. The number of phenols is 1. The summed E-state index contributed by atoms with van der Waals surface area (Å²) in [6, 6.07) is 3.82. The van der Waals surface area contributed by atoms with Gasteiger partial charge in [0.05, 0.1) is 11.7 Å². The van der Waals surface area contributed by atoms with Crippen LogP contribution in [0.5, 0.6) is 11.5 Å². The van der Waals surface area contributed by atoms with E-state index in [9.17, 15) is 15.3 Å². The maximum atomic E-state index is 10.9. The van der Waals surface area contributed by atoms with Crippen molar-refractivity contribution in [3.05, 3.63) is 23.3 Å². The van der Waals surface area contributed by atoms with Crippen LogP contribution in [0.1, 0.15) is 76.8 Å². The Labute approximate surface area is 150 Å². The summed E-state index contributed by atoms with van der Waals surface area (Å²) in [5.41, 5.74) is 0.147. The van der Waals surface area contributed by atoms with Crippen LogP contribution >= 0.6 is 0 Å². The Bertz CT molecular complexity index is 635. The van der Waals surface area contributed by atoms with Crippen molar-refractivity contribution in [1.82, 2.24) is 0 Å². The molecule has 0 spiro atoms. The molecule has 0 aromatic heterocycles. The first-order valence-corrected chi connectivity index (χ1v) is 9.62. The summed E-state index contributed by atoms with van der Waals surface area (Å²) in [6.07, 6.45) is 4.70. The molecule has 0 amide bonds. The first kappa shape index (κ1) is 18.5. The molecule has 1 saturated carbocycles. The van der Waals surface area contributed by atoms with Gasteiger partial charge in [-0.25, -0.2) is 0 Å². The number of aromatic hydroxyl groups is 1. The lowest BCUT2D eigenvalue weighted by Gasteiger charge is -2.53. The number of fused-ring (bicyclic) bond motifs is 3. The summed E-state index contributed by atoms with van der Waals surface area (Å²) in [5, 5.41) is 32.2. The monoisotopic (exact) mass is 348 g/mol. The largest absolute Gasteiger partial charge is 0.508 e. The molecule has 4 atom stereocenters. The minimum atomic E-state index is -1.14. The van der Waals surface area contributed by atoms with Crippen molar-refractivity contribution in [2.24, 2.45) is 5.92 Å². The molecule has 1 fully saturated rings. The van der Waals surface area contributed by atoms with Crippen molar-refractivity contribution in [2.75, 3.05) is 0 Å². The van der Waals surface area contributed by atoms with E-state index >= 15 is 0 Å². The van der Waals surface area contributed by atoms with Gasteiger partial charge in [-0.05, 0) is 64.2 Å². The van der Waals surface area contributed by atoms with E-state index in [2.05, 4.69) is 6.92 Å². The van der Waals surface area contributed by atoms with E-state index in [0.717, 1.165) is 37.7 Å². The molecule has 3 rings (SSSR count). The molecule has 4 heteroatoms. The van der Waals surface area contributed by atoms with Crippen LogP contribution in [0.3, 0.4) is 0 Å². The Morgan fingerprint density at radius 2 is 1.92 bits per heavy atom. The first-order chi connectivity index (χ1) is 11.7. The molecule has 1 aliphatic carbocycles. The van der Waals surface area contributed by atoms with E-state index in [1.807, 2.05) is 26.0 Å². The van der Waals surface area contributed by atoms with Gasteiger partial charge in [0.25, 0.3) is 0 Å². The van der Waals surface area contributed by atoms with Crippen molar-refractivity contribution < 1.29 is 20.1 Å². The van der Waals surface area contributed by atoms with Crippen LogP contribution in [0.15, 0.2) is 12.1 Å². The Hall–Kier alpha value is -1.26. The van der Waals surface area contributed by atoms with Gasteiger partial charge in [0.1, 0.15) is 17.1 Å². The molecule has 4 nitrogen and oxygen atoms in total. The zero-order valence-electron chi connectivity index (χ0n) is 15.9. The van der Waals surface area contributed by atoms with Crippen molar-refractivity contribution in [2.45, 2.75) is 89.4 Å². The van der Waals surface area contributed by atoms with Gasteiger partial charge in [0.15, 0.2) is 0 Å². The SMILES string of the molecule is CCCCCc1cc(O)c2c(c1)OC(C)(C)C1CC[C@](C)(O)[C@@H](O)C21. The summed E-state index contributed by atoms with van der Waals surface area (Å²) >= 11 is 0. The highest BCUT2D eigenvalue weighted by Crippen LogP contribution is 2.56. The molecule has 0 saturated heterocycles. The van der Waals surface area contributed by atoms with Crippen LogP contribution in [-0.4, -0.2) is 32.6 Å².